The molecule has 1 aromatic heterocycles. The van der Waals surface area contributed by atoms with Crippen molar-refractivity contribution in [2.45, 2.75) is 46.2 Å². The smallest absolute Gasteiger partial charge is 0.234 e. The highest BCUT2D eigenvalue weighted by Crippen LogP contribution is 2.18. The lowest BCUT2D eigenvalue weighted by molar-refractivity contribution is -0.125. The van der Waals surface area contributed by atoms with Crippen LogP contribution in [0.15, 0.2) is 0 Å². The minimum absolute atomic E-state index is 0.124. The van der Waals surface area contributed by atoms with Crippen LogP contribution in [-0.4, -0.2) is 39.7 Å². The Bertz CT molecular complexity index is 466. The second kappa shape index (κ2) is 5.74. The number of nitrogens with zero attached hydrogens (tertiary/aromatic N) is 3. The summed E-state index contributed by atoms with van der Waals surface area (Å²) in [6, 6.07) is 0.230. The van der Waals surface area contributed by atoms with Gasteiger partial charge in [-0.1, -0.05) is 13.8 Å². The van der Waals surface area contributed by atoms with Gasteiger partial charge in [-0.25, -0.2) is 0 Å². The lowest BCUT2D eigenvalue weighted by atomic mass is 10.1. The molecule has 1 fully saturated rings. The van der Waals surface area contributed by atoms with Gasteiger partial charge in [-0.2, -0.15) is 5.10 Å². The minimum atomic E-state index is 0.124. The molecule has 1 atom stereocenters. The molecular formula is C14H24N4O. The van der Waals surface area contributed by atoms with E-state index in [0.29, 0.717) is 6.54 Å². The highest BCUT2D eigenvalue weighted by atomic mass is 16.2. The first-order chi connectivity index (χ1) is 9.05. The van der Waals surface area contributed by atoms with Gasteiger partial charge in [0, 0.05) is 37.4 Å². The fraction of sp³-hybridized carbons (Fsp3) is 0.714. The average Bonchev–Trinajstić information content (AvgIpc) is 2.63. The summed E-state index contributed by atoms with van der Waals surface area (Å²) in [5, 5.41) is 7.55. The quantitative estimate of drug-likeness (QED) is 0.878. The van der Waals surface area contributed by atoms with Crippen LogP contribution >= 0.6 is 0 Å². The lowest BCUT2D eigenvalue weighted by Crippen LogP contribution is -2.52. The van der Waals surface area contributed by atoms with Crippen LogP contribution in [0.25, 0.3) is 0 Å². The third-order valence-corrected chi connectivity index (χ3v) is 3.72. The van der Waals surface area contributed by atoms with Crippen LogP contribution in [-0.2, 0) is 31.2 Å². The number of rotatable bonds is 4. The van der Waals surface area contributed by atoms with Crippen LogP contribution in [0.1, 0.15) is 37.7 Å². The molecule has 0 spiro atoms. The van der Waals surface area contributed by atoms with Crippen LogP contribution < -0.4 is 5.32 Å². The van der Waals surface area contributed by atoms with E-state index in [9.17, 15) is 4.79 Å². The van der Waals surface area contributed by atoms with Crippen molar-refractivity contribution in [3.8, 4) is 0 Å². The number of aryl methyl sites for hydroxylation is 2. The van der Waals surface area contributed by atoms with Gasteiger partial charge in [0.1, 0.15) is 0 Å². The number of carbonyl (C=O) groups excluding carboxylic acids is 1. The fourth-order valence-corrected chi connectivity index (χ4v) is 2.94. The molecule has 1 saturated heterocycles. The largest absolute Gasteiger partial charge is 0.351 e. The highest BCUT2D eigenvalue weighted by molar-refractivity contribution is 5.79. The molecule has 0 aliphatic carbocycles. The lowest BCUT2D eigenvalue weighted by Gasteiger charge is -2.31. The van der Waals surface area contributed by atoms with Gasteiger partial charge in [-0.3, -0.25) is 14.4 Å². The number of carbonyl (C=O) groups is 1. The Balaban J connectivity index is 2.20. The van der Waals surface area contributed by atoms with Gasteiger partial charge in [0.2, 0.25) is 5.91 Å². The van der Waals surface area contributed by atoms with E-state index in [0.717, 1.165) is 31.6 Å². The molecule has 0 aromatic carbocycles. The molecule has 19 heavy (non-hydrogen) atoms. The van der Waals surface area contributed by atoms with E-state index in [1.807, 2.05) is 11.7 Å². The summed E-state index contributed by atoms with van der Waals surface area (Å²) >= 11 is 0. The van der Waals surface area contributed by atoms with Crippen molar-refractivity contribution >= 4 is 5.91 Å². The Hall–Kier alpha value is -1.36. The van der Waals surface area contributed by atoms with Crippen LogP contribution in [0.3, 0.4) is 0 Å². The minimum Gasteiger partial charge on any atom is -0.351 e. The van der Waals surface area contributed by atoms with Crippen molar-refractivity contribution in [2.75, 3.05) is 13.1 Å². The van der Waals surface area contributed by atoms with E-state index in [1.54, 1.807) is 0 Å². The molecule has 1 amide bonds. The van der Waals surface area contributed by atoms with Gasteiger partial charge in [-0.15, -0.1) is 0 Å². The molecule has 1 N–H and O–H groups in total. The number of aromatic nitrogens is 2. The maximum absolute atomic E-state index is 11.6. The van der Waals surface area contributed by atoms with Crippen molar-refractivity contribution in [2.24, 2.45) is 7.05 Å². The van der Waals surface area contributed by atoms with Crippen LogP contribution in [0.2, 0.25) is 0 Å². The van der Waals surface area contributed by atoms with Crippen LogP contribution in [0, 0.1) is 0 Å². The van der Waals surface area contributed by atoms with E-state index >= 15 is 0 Å². The molecule has 1 aliphatic rings. The van der Waals surface area contributed by atoms with Gasteiger partial charge in [0.05, 0.1) is 12.2 Å². The zero-order valence-corrected chi connectivity index (χ0v) is 12.4. The molecule has 2 rings (SSSR count). The second-order valence-corrected chi connectivity index (χ2v) is 5.34. The Morgan fingerprint density at radius 3 is 2.68 bits per heavy atom. The number of nitrogens with one attached hydrogen (secondary N) is 1. The zero-order chi connectivity index (χ0) is 14.0. The maximum atomic E-state index is 11.6. The van der Waals surface area contributed by atoms with Crippen molar-refractivity contribution < 1.29 is 4.79 Å². The molecule has 1 aromatic rings. The molecule has 5 nitrogen and oxygen atoms in total. The Morgan fingerprint density at radius 1 is 1.37 bits per heavy atom. The number of hydrogen-bond acceptors (Lipinski definition) is 3. The van der Waals surface area contributed by atoms with Crippen LogP contribution in [0.4, 0.5) is 0 Å². The predicted octanol–water partition coefficient (Wildman–Crippen LogP) is 0.865. The van der Waals surface area contributed by atoms with E-state index in [1.165, 1.54) is 11.3 Å². The molecule has 0 bridgehead atoms. The fourth-order valence-electron chi connectivity index (χ4n) is 2.94. The monoisotopic (exact) mass is 264 g/mol. The highest BCUT2D eigenvalue weighted by Gasteiger charge is 2.24. The van der Waals surface area contributed by atoms with Crippen molar-refractivity contribution in [3.63, 3.8) is 0 Å². The maximum Gasteiger partial charge on any atom is 0.234 e. The van der Waals surface area contributed by atoms with Gasteiger partial charge >= 0.3 is 0 Å². The molecule has 106 valence electrons. The van der Waals surface area contributed by atoms with Gasteiger partial charge in [-0.05, 0) is 19.8 Å². The first-order valence-corrected chi connectivity index (χ1v) is 7.10. The van der Waals surface area contributed by atoms with Gasteiger partial charge < -0.3 is 5.32 Å². The first kappa shape index (κ1) is 14.1. The summed E-state index contributed by atoms with van der Waals surface area (Å²) in [6.07, 6.45) is 1.92. The molecule has 0 unspecified atom stereocenters. The van der Waals surface area contributed by atoms with E-state index < -0.39 is 0 Å². The summed E-state index contributed by atoms with van der Waals surface area (Å²) in [4.78, 5) is 13.8. The average molecular weight is 264 g/mol. The van der Waals surface area contributed by atoms with Crippen molar-refractivity contribution in [1.29, 1.82) is 0 Å². The molecule has 5 heteroatoms. The second-order valence-electron chi connectivity index (χ2n) is 5.34. The number of piperazine rings is 1. The molecule has 0 saturated carbocycles. The molecule has 2 heterocycles. The van der Waals surface area contributed by atoms with Crippen LogP contribution in [0.5, 0.6) is 0 Å². The Labute approximate surface area is 115 Å². The first-order valence-electron chi connectivity index (χ1n) is 7.10. The predicted molar refractivity (Wildman–Crippen MR) is 74.8 cm³/mol. The Morgan fingerprint density at radius 2 is 2.11 bits per heavy atom. The molecule has 1 aliphatic heterocycles. The number of amides is 1. The Kier molecular flexibility index (Phi) is 4.24. The third kappa shape index (κ3) is 2.97. The summed E-state index contributed by atoms with van der Waals surface area (Å²) in [5.41, 5.74) is 3.77. The summed E-state index contributed by atoms with van der Waals surface area (Å²) < 4.78 is 1.99. The van der Waals surface area contributed by atoms with E-state index in [2.05, 4.69) is 36.1 Å². The molecular weight excluding hydrogens is 240 g/mol. The third-order valence-electron chi connectivity index (χ3n) is 3.72. The SMILES string of the molecule is CCc1nn(C)c(CC)c1CN1CC(=O)N[C@@H](C)C1. The van der Waals surface area contributed by atoms with Crippen molar-refractivity contribution in [1.82, 2.24) is 20.0 Å². The molecule has 0 radical (unpaired) electrons. The van der Waals surface area contributed by atoms with E-state index in [4.69, 9.17) is 0 Å². The number of hydrogen-bond donors (Lipinski definition) is 1. The standard InChI is InChI=1S/C14H24N4O/c1-5-12-11(13(6-2)17(4)16-12)8-18-7-10(3)15-14(19)9-18/h10H,5-9H2,1-4H3,(H,15,19)/t10-/m0/s1. The normalized spacial score (nSPS) is 20.6. The summed E-state index contributed by atoms with van der Waals surface area (Å²) in [6.45, 7) is 8.58. The summed E-state index contributed by atoms with van der Waals surface area (Å²) in [5.74, 6) is 0.124. The van der Waals surface area contributed by atoms with E-state index in [-0.39, 0.29) is 11.9 Å². The van der Waals surface area contributed by atoms with Gasteiger partial charge in [0.15, 0.2) is 0 Å². The topological polar surface area (TPSA) is 50.2 Å². The zero-order valence-electron chi connectivity index (χ0n) is 12.4. The summed E-state index contributed by atoms with van der Waals surface area (Å²) in [7, 11) is 2.01. The van der Waals surface area contributed by atoms with Gasteiger partial charge in [0.25, 0.3) is 0 Å². The van der Waals surface area contributed by atoms with Crippen molar-refractivity contribution in [3.05, 3.63) is 17.0 Å².